The van der Waals surface area contributed by atoms with Gasteiger partial charge in [-0.3, -0.25) is 9.59 Å². The molecule has 0 bridgehead atoms. The molecule has 0 radical (unpaired) electrons. The maximum Gasteiger partial charge on any atom is 0.274 e. The summed E-state index contributed by atoms with van der Waals surface area (Å²) in [7, 11) is 0. The molecule has 0 unspecified atom stereocenters. The summed E-state index contributed by atoms with van der Waals surface area (Å²) in [6, 6.07) is 10.4. The Bertz CT molecular complexity index is 841. The number of nitrogens with zero attached hydrogens (tertiary/aromatic N) is 6. The summed E-state index contributed by atoms with van der Waals surface area (Å²) in [4.78, 5) is 41.0. The van der Waals surface area contributed by atoms with Crippen molar-refractivity contribution in [3.8, 4) is 0 Å². The van der Waals surface area contributed by atoms with Crippen LogP contribution in [0, 0.1) is 0 Å². The summed E-state index contributed by atoms with van der Waals surface area (Å²) in [5.41, 5.74) is 1.59. The smallest absolute Gasteiger partial charge is 0.274 e. The van der Waals surface area contributed by atoms with Crippen molar-refractivity contribution in [3.63, 3.8) is 0 Å². The van der Waals surface area contributed by atoms with Crippen LogP contribution in [0.1, 0.15) is 17.4 Å². The average molecular weight is 394 g/mol. The number of hydrogen-bond acceptors (Lipinski definition) is 6. The first-order valence-electron chi connectivity index (χ1n) is 10.0. The zero-order valence-electron chi connectivity index (χ0n) is 16.7. The van der Waals surface area contributed by atoms with Crippen molar-refractivity contribution in [1.82, 2.24) is 19.8 Å². The summed E-state index contributed by atoms with van der Waals surface area (Å²) in [5.74, 6) is 0.727. The molecule has 29 heavy (non-hydrogen) atoms. The molecule has 0 saturated carbocycles. The lowest BCUT2D eigenvalue weighted by molar-refractivity contribution is -0.130. The van der Waals surface area contributed by atoms with Gasteiger partial charge in [-0.25, -0.2) is 9.97 Å². The second-order valence-corrected chi connectivity index (χ2v) is 7.37. The van der Waals surface area contributed by atoms with E-state index in [0.717, 1.165) is 32.0 Å². The van der Waals surface area contributed by atoms with Gasteiger partial charge in [-0.05, 0) is 12.1 Å². The first-order valence-corrected chi connectivity index (χ1v) is 10.0. The van der Waals surface area contributed by atoms with E-state index in [1.807, 2.05) is 6.07 Å². The largest absolute Gasteiger partial charge is 0.368 e. The molecule has 1 aromatic carbocycles. The number of piperazine rings is 2. The Morgan fingerprint density at radius 2 is 1.38 bits per heavy atom. The minimum Gasteiger partial charge on any atom is -0.368 e. The normalized spacial score (nSPS) is 17.4. The van der Waals surface area contributed by atoms with Gasteiger partial charge in [0.2, 0.25) is 5.91 Å². The molecule has 2 amide bonds. The lowest BCUT2D eigenvalue weighted by Crippen LogP contribution is -2.50. The van der Waals surface area contributed by atoms with Gasteiger partial charge in [0.05, 0.1) is 12.4 Å². The van der Waals surface area contributed by atoms with E-state index in [0.29, 0.717) is 31.9 Å². The van der Waals surface area contributed by atoms with Crippen molar-refractivity contribution in [2.45, 2.75) is 6.92 Å². The summed E-state index contributed by atoms with van der Waals surface area (Å²) < 4.78 is 0. The summed E-state index contributed by atoms with van der Waals surface area (Å²) >= 11 is 0. The quantitative estimate of drug-likeness (QED) is 0.777. The predicted molar refractivity (Wildman–Crippen MR) is 111 cm³/mol. The molecule has 2 fully saturated rings. The predicted octanol–water partition coefficient (Wildman–Crippen LogP) is 1.11. The fourth-order valence-corrected chi connectivity index (χ4v) is 3.81. The van der Waals surface area contributed by atoms with Crippen molar-refractivity contribution in [2.75, 3.05) is 62.2 Å². The van der Waals surface area contributed by atoms with Crippen LogP contribution in [-0.2, 0) is 4.79 Å². The fourth-order valence-electron chi connectivity index (χ4n) is 3.81. The average Bonchev–Trinajstić information content (AvgIpc) is 2.79. The molecule has 2 saturated heterocycles. The summed E-state index contributed by atoms with van der Waals surface area (Å²) in [6.07, 6.45) is 3.26. The molecule has 0 atom stereocenters. The molecule has 0 N–H and O–H groups in total. The molecule has 8 heteroatoms. The van der Waals surface area contributed by atoms with Crippen molar-refractivity contribution in [2.24, 2.45) is 0 Å². The van der Waals surface area contributed by atoms with Crippen molar-refractivity contribution in [3.05, 3.63) is 48.4 Å². The van der Waals surface area contributed by atoms with Crippen molar-refractivity contribution in [1.29, 1.82) is 0 Å². The molecule has 4 rings (SSSR count). The highest BCUT2D eigenvalue weighted by molar-refractivity contribution is 5.92. The first-order chi connectivity index (χ1) is 14.1. The minimum atomic E-state index is -0.124. The van der Waals surface area contributed by atoms with E-state index in [1.54, 1.807) is 29.1 Å². The molecule has 2 aliphatic rings. The van der Waals surface area contributed by atoms with Crippen LogP contribution in [0.5, 0.6) is 0 Å². The van der Waals surface area contributed by atoms with Crippen LogP contribution in [0.2, 0.25) is 0 Å². The zero-order chi connectivity index (χ0) is 20.2. The van der Waals surface area contributed by atoms with E-state index < -0.39 is 0 Å². The second-order valence-electron chi connectivity index (χ2n) is 7.37. The number of benzene rings is 1. The van der Waals surface area contributed by atoms with E-state index in [4.69, 9.17) is 0 Å². The number of para-hydroxylation sites is 1. The van der Waals surface area contributed by atoms with E-state index in [2.05, 4.69) is 44.0 Å². The van der Waals surface area contributed by atoms with Gasteiger partial charge in [0.1, 0.15) is 11.5 Å². The van der Waals surface area contributed by atoms with Gasteiger partial charge in [0, 0.05) is 65.0 Å². The number of amides is 2. The highest BCUT2D eigenvalue weighted by atomic mass is 16.2. The highest BCUT2D eigenvalue weighted by Gasteiger charge is 2.25. The third kappa shape index (κ3) is 4.31. The summed E-state index contributed by atoms with van der Waals surface area (Å²) in [6.45, 7) is 7.33. The van der Waals surface area contributed by atoms with Crippen LogP contribution < -0.4 is 9.80 Å². The van der Waals surface area contributed by atoms with Gasteiger partial charge < -0.3 is 19.6 Å². The molecule has 0 spiro atoms. The van der Waals surface area contributed by atoms with Crippen LogP contribution >= 0.6 is 0 Å². The Labute approximate surface area is 170 Å². The molecule has 2 aliphatic heterocycles. The monoisotopic (exact) mass is 394 g/mol. The lowest BCUT2D eigenvalue weighted by Gasteiger charge is -2.36. The van der Waals surface area contributed by atoms with Gasteiger partial charge in [-0.2, -0.15) is 0 Å². The molecule has 8 nitrogen and oxygen atoms in total. The van der Waals surface area contributed by atoms with Crippen LogP contribution in [-0.4, -0.2) is 83.9 Å². The number of carbonyl (C=O) groups excluding carboxylic acids is 2. The topological polar surface area (TPSA) is 72.9 Å². The van der Waals surface area contributed by atoms with Crippen LogP contribution in [0.15, 0.2) is 42.7 Å². The van der Waals surface area contributed by atoms with Gasteiger partial charge in [-0.15, -0.1) is 0 Å². The molecular formula is C21H26N6O2. The number of carbonyl (C=O) groups is 2. The van der Waals surface area contributed by atoms with E-state index in [9.17, 15) is 9.59 Å². The number of rotatable bonds is 3. The van der Waals surface area contributed by atoms with Gasteiger partial charge >= 0.3 is 0 Å². The zero-order valence-corrected chi connectivity index (χ0v) is 16.7. The maximum atomic E-state index is 12.7. The van der Waals surface area contributed by atoms with Crippen molar-refractivity contribution < 1.29 is 9.59 Å². The lowest BCUT2D eigenvalue weighted by atomic mass is 10.2. The fraction of sp³-hybridized carbons (Fsp3) is 0.429. The SMILES string of the molecule is CC(=O)N1CCN(C(=O)c2cnc(N3CCN(c4ccccc4)CC3)cn2)CC1. The second kappa shape index (κ2) is 8.46. The van der Waals surface area contributed by atoms with E-state index in [1.165, 1.54) is 5.69 Å². The molecular weight excluding hydrogens is 368 g/mol. The van der Waals surface area contributed by atoms with E-state index >= 15 is 0 Å². The highest BCUT2D eigenvalue weighted by Crippen LogP contribution is 2.18. The summed E-state index contributed by atoms with van der Waals surface area (Å²) in [5, 5.41) is 0. The Balaban J connectivity index is 1.33. The van der Waals surface area contributed by atoms with Crippen molar-refractivity contribution >= 4 is 23.3 Å². The molecule has 2 aromatic rings. The molecule has 152 valence electrons. The Morgan fingerprint density at radius 3 is 1.97 bits per heavy atom. The molecule has 3 heterocycles. The number of aromatic nitrogens is 2. The maximum absolute atomic E-state index is 12.7. The van der Waals surface area contributed by atoms with E-state index in [-0.39, 0.29) is 11.8 Å². The third-order valence-corrected chi connectivity index (χ3v) is 5.59. The number of anilines is 2. The first kappa shape index (κ1) is 19.2. The Hall–Kier alpha value is -3.16. The molecule has 1 aromatic heterocycles. The Morgan fingerprint density at radius 1 is 0.759 bits per heavy atom. The van der Waals surface area contributed by atoms with Crippen LogP contribution in [0.3, 0.4) is 0 Å². The third-order valence-electron chi connectivity index (χ3n) is 5.59. The van der Waals surface area contributed by atoms with Gasteiger partial charge in [0.25, 0.3) is 5.91 Å². The van der Waals surface area contributed by atoms with Gasteiger partial charge in [0.15, 0.2) is 0 Å². The van der Waals surface area contributed by atoms with Gasteiger partial charge in [-0.1, -0.05) is 18.2 Å². The Kier molecular flexibility index (Phi) is 5.59. The van der Waals surface area contributed by atoms with Crippen LogP contribution in [0.25, 0.3) is 0 Å². The standard InChI is InChI=1S/C21H26N6O2/c1-17(28)24-7-13-27(14-8-24)21(29)19-15-23-20(16-22-19)26-11-9-25(10-12-26)18-5-3-2-4-6-18/h2-6,15-16H,7-14H2,1H3. The molecule has 0 aliphatic carbocycles. The number of hydrogen-bond donors (Lipinski definition) is 0. The van der Waals surface area contributed by atoms with Crippen LogP contribution in [0.4, 0.5) is 11.5 Å². The minimum absolute atomic E-state index is 0.0496.